The molecule has 0 unspecified atom stereocenters. The van der Waals surface area contributed by atoms with E-state index in [-0.39, 0.29) is 11.2 Å². The van der Waals surface area contributed by atoms with Crippen molar-refractivity contribution >= 4 is 5.78 Å². The summed E-state index contributed by atoms with van der Waals surface area (Å²) in [7, 11) is 0. The summed E-state index contributed by atoms with van der Waals surface area (Å²) >= 11 is 0. The summed E-state index contributed by atoms with van der Waals surface area (Å²) in [4.78, 5) is 11.7. The number of carbonyl (C=O) groups excluding carboxylic acids is 1. The van der Waals surface area contributed by atoms with Crippen molar-refractivity contribution in [3.05, 3.63) is 34.9 Å². The van der Waals surface area contributed by atoms with Crippen LogP contribution in [0.1, 0.15) is 51.9 Å². The third kappa shape index (κ3) is 1.83. The van der Waals surface area contributed by atoms with Gasteiger partial charge in [0, 0.05) is 11.8 Å². The molecule has 4 aliphatic carbocycles. The number of fused-ring (bicyclic) bond motifs is 4. The molecule has 120 valence electrons. The Morgan fingerprint density at radius 3 is 2.91 bits per heavy atom. The molecule has 0 saturated heterocycles. The third-order valence-electron chi connectivity index (χ3n) is 6.94. The van der Waals surface area contributed by atoms with Gasteiger partial charge in [0.25, 0.3) is 0 Å². The van der Waals surface area contributed by atoms with E-state index in [1.54, 1.807) is 0 Å². The second kappa shape index (κ2) is 4.95. The average Bonchev–Trinajstić information content (AvgIpc) is 2.88. The summed E-state index contributed by atoms with van der Waals surface area (Å²) in [5.41, 5.74) is 2.80. The van der Waals surface area contributed by atoms with Gasteiger partial charge in [-0.25, -0.2) is 0 Å². The predicted molar refractivity (Wildman–Crippen MR) is 90.4 cm³/mol. The average molecular weight is 308 g/mol. The highest BCUT2D eigenvalue weighted by Gasteiger charge is 2.60. The van der Waals surface area contributed by atoms with Crippen LogP contribution in [0, 0.1) is 29.6 Å². The van der Waals surface area contributed by atoms with Crippen LogP contribution in [-0.2, 0) is 4.79 Å². The summed E-state index contributed by atoms with van der Waals surface area (Å²) in [5, 5.41) is 11.0. The molecule has 1 N–H and O–H groups in total. The Kier molecular flexibility index (Phi) is 3.22. The molecule has 1 saturated carbocycles. The van der Waals surface area contributed by atoms with Gasteiger partial charge >= 0.3 is 0 Å². The third-order valence-corrected chi connectivity index (χ3v) is 6.94. The van der Waals surface area contributed by atoms with E-state index in [4.69, 9.17) is 6.42 Å². The molecule has 0 aromatic heterocycles. The number of allylic oxidation sites excluding steroid dienone is 5. The summed E-state index contributed by atoms with van der Waals surface area (Å²) in [6.07, 6.45) is 18.2. The zero-order valence-corrected chi connectivity index (χ0v) is 13.8. The molecule has 0 aromatic carbocycles. The fraction of sp³-hybridized carbons (Fsp3) is 0.571. The summed E-state index contributed by atoms with van der Waals surface area (Å²) in [5.74, 6) is 3.91. The van der Waals surface area contributed by atoms with Crippen LogP contribution in [0.3, 0.4) is 0 Å². The minimum atomic E-state index is -1.00. The van der Waals surface area contributed by atoms with Crippen LogP contribution in [-0.4, -0.2) is 16.5 Å². The monoisotopic (exact) mass is 308 g/mol. The molecule has 0 spiro atoms. The molecule has 0 heterocycles. The molecule has 0 amide bonds. The van der Waals surface area contributed by atoms with Crippen molar-refractivity contribution in [3.8, 4) is 12.3 Å². The highest BCUT2D eigenvalue weighted by atomic mass is 16.3. The number of carbonyl (C=O) groups is 1. The van der Waals surface area contributed by atoms with Crippen molar-refractivity contribution in [1.82, 2.24) is 0 Å². The van der Waals surface area contributed by atoms with Crippen LogP contribution in [0.5, 0.6) is 0 Å². The van der Waals surface area contributed by atoms with Gasteiger partial charge in [0.2, 0.25) is 0 Å². The van der Waals surface area contributed by atoms with Crippen molar-refractivity contribution in [3.63, 3.8) is 0 Å². The van der Waals surface area contributed by atoms with Gasteiger partial charge in [0.05, 0.1) is 0 Å². The Bertz CT molecular complexity index is 702. The molecule has 2 heteroatoms. The van der Waals surface area contributed by atoms with E-state index in [2.05, 4.69) is 25.0 Å². The van der Waals surface area contributed by atoms with Gasteiger partial charge in [-0.15, -0.1) is 6.42 Å². The summed E-state index contributed by atoms with van der Waals surface area (Å²) < 4.78 is 0. The summed E-state index contributed by atoms with van der Waals surface area (Å²) in [6.45, 7) is 2.15. The molecule has 0 radical (unpaired) electrons. The van der Waals surface area contributed by atoms with E-state index in [9.17, 15) is 9.90 Å². The molecule has 0 aromatic rings. The van der Waals surface area contributed by atoms with E-state index in [1.807, 2.05) is 6.08 Å². The van der Waals surface area contributed by atoms with Crippen molar-refractivity contribution in [1.29, 1.82) is 0 Å². The van der Waals surface area contributed by atoms with Gasteiger partial charge in [-0.3, -0.25) is 4.79 Å². The SMILES string of the molecule is C#C[C@@]1(O)CC[C@@H]2[C@H]3CCC4=CC(=O)CCC4=C3C=C[C@]21CC. The maximum atomic E-state index is 11.7. The largest absolute Gasteiger partial charge is 0.377 e. The number of rotatable bonds is 1. The minimum Gasteiger partial charge on any atom is -0.377 e. The number of aliphatic hydroxyl groups is 1. The van der Waals surface area contributed by atoms with Gasteiger partial charge < -0.3 is 5.11 Å². The van der Waals surface area contributed by atoms with Crippen molar-refractivity contribution in [2.45, 2.75) is 57.5 Å². The van der Waals surface area contributed by atoms with E-state index in [0.717, 1.165) is 32.1 Å². The van der Waals surface area contributed by atoms with Crippen molar-refractivity contribution < 1.29 is 9.90 Å². The lowest BCUT2D eigenvalue weighted by molar-refractivity contribution is -0.114. The highest BCUT2D eigenvalue weighted by Crippen LogP contribution is 2.62. The highest BCUT2D eigenvalue weighted by molar-refractivity contribution is 5.93. The number of hydrogen-bond acceptors (Lipinski definition) is 2. The van der Waals surface area contributed by atoms with Crippen LogP contribution < -0.4 is 0 Å². The Labute approximate surface area is 138 Å². The normalized spacial score (nSPS) is 41.8. The van der Waals surface area contributed by atoms with Crippen LogP contribution >= 0.6 is 0 Å². The van der Waals surface area contributed by atoms with E-state index in [0.29, 0.717) is 24.7 Å². The Balaban J connectivity index is 1.85. The summed E-state index contributed by atoms with van der Waals surface area (Å²) in [6, 6.07) is 0. The van der Waals surface area contributed by atoms with E-state index in [1.165, 1.54) is 16.7 Å². The lowest BCUT2D eigenvalue weighted by Gasteiger charge is -2.48. The molecule has 2 nitrogen and oxygen atoms in total. The van der Waals surface area contributed by atoms with Gasteiger partial charge in [-0.2, -0.15) is 0 Å². The molecule has 0 aliphatic heterocycles. The molecule has 4 atom stereocenters. The second-order valence-corrected chi connectivity index (χ2v) is 7.59. The molecule has 0 bridgehead atoms. The maximum Gasteiger partial charge on any atom is 0.156 e. The fourth-order valence-electron chi connectivity index (χ4n) is 5.75. The number of hydrogen-bond donors (Lipinski definition) is 1. The minimum absolute atomic E-state index is 0.271. The van der Waals surface area contributed by atoms with Crippen LogP contribution in [0.15, 0.2) is 34.9 Å². The standard InChI is InChI=1S/C21H24O2/c1-3-20-11-9-17-16-8-6-15(22)13-14(16)5-7-18(17)19(20)10-12-21(20,23)4-2/h2,9,11,13,18-19,23H,3,5-8,10,12H2,1H3/t18-,19+,20+,21+/m0/s1. The zero-order chi connectivity index (χ0) is 16.2. The molecular formula is C21H24O2. The lowest BCUT2D eigenvalue weighted by atomic mass is 9.56. The fourth-order valence-corrected chi connectivity index (χ4v) is 5.75. The molecule has 4 rings (SSSR count). The van der Waals surface area contributed by atoms with Crippen LogP contribution in [0.4, 0.5) is 0 Å². The topological polar surface area (TPSA) is 37.3 Å². The van der Waals surface area contributed by atoms with Gasteiger partial charge in [-0.05, 0) is 73.2 Å². The first-order valence-corrected chi connectivity index (χ1v) is 8.91. The smallest absolute Gasteiger partial charge is 0.156 e. The Morgan fingerprint density at radius 2 is 2.17 bits per heavy atom. The van der Waals surface area contributed by atoms with Crippen LogP contribution in [0.2, 0.25) is 0 Å². The zero-order valence-electron chi connectivity index (χ0n) is 13.8. The van der Waals surface area contributed by atoms with Gasteiger partial charge in [-0.1, -0.05) is 25.0 Å². The first kappa shape index (κ1) is 15.0. The first-order valence-electron chi connectivity index (χ1n) is 8.91. The second-order valence-electron chi connectivity index (χ2n) is 7.59. The van der Waals surface area contributed by atoms with E-state index < -0.39 is 5.60 Å². The molecular weight excluding hydrogens is 284 g/mol. The van der Waals surface area contributed by atoms with Crippen LogP contribution in [0.25, 0.3) is 0 Å². The van der Waals surface area contributed by atoms with Gasteiger partial charge in [0.1, 0.15) is 5.60 Å². The maximum absolute atomic E-state index is 11.7. The number of ketones is 1. The van der Waals surface area contributed by atoms with Gasteiger partial charge in [0.15, 0.2) is 5.78 Å². The van der Waals surface area contributed by atoms with Crippen molar-refractivity contribution in [2.75, 3.05) is 0 Å². The Hall–Kier alpha value is -1.59. The molecule has 1 fully saturated rings. The van der Waals surface area contributed by atoms with E-state index >= 15 is 0 Å². The lowest BCUT2D eigenvalue weighted by Crippen LogP contribution is -2.48. The van der Waals surface area contributed by atoms with Crippen molar-refractivity contribution in [2.24, 2.45) is 17.3 Å². The number of terminal acetylenes is 1. The predicted octanol–water partition coefficient (Wildman–Crippen LogP) is 3.72. The molecule has 4 aliphatic rings. The quantitative estimate of drug-likeness (QED) is 0.750. The first-order chi connectivity index (χ1) is 11.0. The Morgan fingerprint density at radius 1 is 1.35 bits per heavy atom. The molecule has 23 heavy (non-hydrogen) atoms.